The smallest absolute Gasteiger partial charge is 0.340 e. The topological polar surface area (TPSA) is 84.5 Å². The summed E-state index contributed by atoms with van der Waals surface area (Å²) >= 11 is 0. The number of amides is 2. The molecule has 0 aliphatic carbocycles. The largest absolute Gasteiger partial charge is 0.452 e. The van der Waals surface area contributed by atoms with Crippen molar-refractivity contribution in [2.75, 3.05) is 11.9 Å². The highest BCUT2D eigenvalue weighted by molar-refractivity contribution is 6.08. The monoisotopic (exact) mass is 382 g/mol. The highest BCUT2D eigenvalue weighted by Gasteiger charge is 2.17. The highest BCUT2D eigenvalue weighted by Crippen LogP contribution is 2.18. The fraction of sp³-hybridized carbons (Fsp3) is 0.318. The number of hydrogen-bond acceptors (Lipinski definition) is 4. The molecule has 2 aromatic carbocycles. The van der Waals surface area contributed by atoms with Crippen molar-refractivity contribution in [1.29, 1.82) is 0 Å². The quantitative estimate of drug-likeness (QED) is 0.682. The van der Waals surface area contributed by atoms with Crippen LogP contribution >= 0.6 is 0 Å². The first-order chi connectivity index (χ1) is 13.4. The predicted octanol–water partition coefficient (Wildman–Crippen LogP) is 3.71. The lowest BCUT2D eigenvalue weighted by Gasteiger charge is -2.15. The van der Waals surface area contributed by atoms with E-state index in [4.69, 9.17) is 4.74 Å². The molecule has 0 aliphatic rings. The zero-order chi connectivity index (χ0) is 20.5. The fourth-order valence-corrected chi connectivity index (χ4v) is 2.72. The first-order valence-corrected chi connectivity index (χ1v) is 9.38. The molecule has 2 amide bonds. The second-order valence-corrected chi connectivity index (χ2v) is 6.53. The Morgan fingerprint density at radius 3 is 2.39 bits per heavy atom. The summed E-state index contributed by atoms with van der Waals surface area (Å²) in [6.07, 6.45) is 1.62. The van der Waals surface area contributed by atoms with E-state index in [1.807, 2.05) is 26.8 Å². The molecule has 0 fully saturated rings. The second-order valence-electron chi connectivity index (χ2n) is 6.53. The van der Waals surface area contributed by atoms with Crippen LogP contribution in [0, 0.1) is 6.92 Å². The molecule has 0 spiro atoms. The Morgan fingerprint density at radius 2 is 1.71 bits per heavy atom. The van der Waals surface area contributed by atoms with Crippen LogP contribution in [0.5, 0.6) is 0 Å². The maximum atomic E-state index is 12.5. The van der Waals surface area contributed by atoms with Gasteiger partial charge in [-0.25, -0.2) is 4.79 Å². The number of para-hydroxylation sites is 1. The van der Waals surface area contributed by atoms with Crippen molar-refractivity contribution >= 4 is 23.5 Å². The van der Waals surface area contributed by atoms with E-state index < -0.39 is 5.97 Å². The summed E-state index contributed by atoms with van der Waals surface area (Å²) in [4.78, 5) is 36.8. The van der Waals surface area contributed by atoms with Crippen LogP contribution in [0.3, 0.4) is 0 Å². The maximum absolute atomic E-state index is 12.5. The summed E-state index contributed by atoms with van der Waals surface area (Å²) in [7, 11) is 0. The summed E-state index contributed by atoms with van der Waals surface area (Å²) in [5, 5.41) is 5.54. The Bertz CT molecular complexity index is 844. The van der Waals surface area contributed by atoms with Gasteiger partial charge in [0.25, 0.3) is 11.8 Å². The zero-order valence-corrected chi connectivity index (χ0v) is 16.5. The number of anilines is 1. The molecule has 0 saturated carbocycles. The Labute approximate surface area is 165 Å². The van der Waals surface area contributed by atoms with Crippen molar-refractivity contribution in [3.63, 3.8) is 0 Å². The summed E-state index contributed by atoms with van der Waals surface area (Å²) < 4.78 is 5.12. The molecular weight excluding hydrogens is 356 g/mol. The van der Waals surface area contributed by atoms with Gasteiger partial charge in [-0.3, -0.25) is 9.59 Å². The first-order valence-electron chi connectivity index (χ1n) is 9.38. The van der Waals surface area contributed by atoms with Crippen LogP contribution in [-0.2, 0) is 9.53 Å². The van der Waals surface area contributed by atoms with E-state index in [1.165, 1.54) is 0 Å². The SMILES string of the molecule is CCC(CC)NC(=O)COC(=O)c1ccccc1NC(=O)c1cccc(C)c1. The van der Waals surface area contributed by atoms with E-state index >= 15 is 0 Å². The van der Waals surface area contributed by atoms with E-state index in [9.17, 15) is 14.4 Å². The van der Waals surface area contributed by atoms with Crippen LogP contribution < -0.4 is 10.6 Å². The molecule has 0 atom stereocenters. The van der Waals surface area contributed by atoms with E-state index in [2.05, 4.69) is 10.6 Å². The lowest BCUT2D eigenvalue weighted by Crippen LogP contribution is -2.36. The average molecular weight is 382 g/mol. The van der Waals surface area contributed by atoms with Crippen molar-refractivity contribution < 1.29 is 19.1 Å². The molecule has 0 saturated heterocycles. The van der Waals surface area contributed by atoms with Gasteiger partial charge >= 0.3 is 5.97 Å². The van der Waals surface area contributed by atoms with Crippen LogP contribution in [0.2, 0.25) is 0 Å². The van der Waals surface area contributed by atoms with Crippen LogP contribution in [0.25, 0.3) is 0 Å². The van der Waals surface area contributed by atoms with Gasteiger partial charge in [0, 0.05) is 11.6 Å². The van der Waals surface area contributed by atoms with Crippen molar-refractivity contribution in [3.8, 4) is 0 Å². The molecule has 0 aromatic heterocycles. The number of aryl methyl sites for hydroxylation is 1. The third-order valence-corrected chi connectivity index (χ3v) is 4.36. The predicted molar refractivity (Wildman–Crippen MR) is 108 cm³/mol. The number of hydrogen-bond donors (Lipinski definition) is 2. The summed E-state index contributed by atoms with van der Waals surface area (Å²) in [6, 6.07) is 13.8. The van der Waals surface area contributed by atoms with Gasteiger partial charge in [-0.15, -0.1) is 0 Å². The van der Waals surface area contributed by atoms with Crippen molar-refractivity contribution in [1.82, 2.24) is 5.32 Å². The fourth-order valence-electron chi connectivity index (χ4n) is 2.72. The minimum Gasteiger partial charge on any atom is -0.452 e. The molecule has 0 bridgehead atoms. The molecule has 0 unspecified atom stereocenters. The average Bonchev–Trinajstić information content (AvgIpc) is 2.70. The molecule has 0 aliphatic heterocycles. The van der Waals surface area contributed by atoms with Gasteiger partial charge in [0.15, 0.2) is 6.61 Å². The summed E-state index contributed by atoms with van der Waals surface area (Å²) in [5.74, 6) is -1.33. The number of nitrogens with one attached hydrogen (secondary N) is 2. The van der Waals surface area contributed by atoms with Crippen LogP contribution in [0.4, 0.5) is 5.69 Å². The van der Waals surface area contributed by atoms with Gasteiger partial charge < -0.3 is 15.4 Å². The molecule has 6 nitrogen and oxygen atoms in total. The van der Waals surface area contributed by atoms with Crippen molar-refractivity contribution in [2.24, 2.45) is 0 Å². The molecule has 2 aromatic rings. The van der Waals surface area contributed by atoms with Gasteiger partial charge in [-0.1, -0.05) is 43.7 Å². The normalized spacial score (nSPS) is 10.4. The lowest BCUT2D eigenvalue weighted by atomic mass is 10.1. The van der Waals surface area contributed by atoms with E-state index in [1.54, 1.807) is 42.5 Å². The lowest BCUT2D eigenvalue weighted by molar-refractivity contribution is -0.125. The van der Waals surface area contributed by atoms with Gasteiger partial charge in [-0.05, 0) is 44.0 Å². The Morgan fingerprint density at radius 1 is 1.00 bits per heavy atom. The number of esters is 1. The van der Waals surface area contributed by atoms with E-state index in [0.717, 1.165) is 18.4 Å². The standard InChI is InChI=1S/C22H26N2O4/c1-4-17(5-2)23-20(25)14-28-22(27)18-11-6-7-12-19(18)24-21(26)16-10-8-9-15(3)13-16/h6-13,17H,4-5,14H2,1-3H3,(H,23,25)(H,24,26). The number of ether oxygens (including phenoxy) is 1. The minimum absolute atomic E-state index is 0.0621. The maximum Gasteiger partial charge on any atom is 0.340 e. The van der Waals surface area contributed by atoms with Crippen LogP contribution in [0.1, 0.15) is 53.0 Å². The Kier molecular flexibility index (Phi) is 7.75. The summed E-state index contributed by atoms with van der Waals surface area (Å²) in [5.41, 5.74) is 1.98. The van der Waals surface area contributed by atoms with E-state index in [0.29, 0.717) is 11.3 Å². The van der Waals surface area contributed by atoms with Crippen LogP contribution in [-0.4, -0.2) is 30.4 Å². The molecule has 0 heterocycles. The van der Waals surface area contributed by atoms with Crippen LogP contribution in [0.15, 0.2) is 48.5 Å². The number of carbonyl (C=O) groups is 3. The van der Waals surface area contributed by atoms with Gasteiger partial charge in [0.1, 0.15) is 0 Å². The van der Waals surface area contributed by atoms with Crippen molar-refractivity contribution in [3.05, 3.63) is 65.2 Å². The summed E-state index contributed by atoms with van der Waals surface area (Å²) in [6.45, 7) is 5.49. The molecule has 6 heteroatoms. The Hall–Kier alpha value is -3.15. The molecule has 2 rings (SSSR count). The molecular formula is C22H26N2O4. The zero-order valence-electron chi connectivity index (χ0n) is 16.5. The molecule has 28 heavy (non-hydrogen) atoms. The highest BCUT2D eigenvalue weighted by atomic mass is 16.5. The van der Waals surface area contributed by atoms with Gasteiger partial charge in [-0.2, -0.15) is 0 Å². The number of carbonyl (C=O) groups excluding carboxylic acids is 3. The number of benzene rings is 2. The van der Waals surface area contributed by atoms with Gasteiger partial charge in [0.2, 0.25) is 0 Å². The van der Waals surface area contributed by atoms with Gasteiger partial charge in [0.05, 0.1) is 11.3 Å². The molecule has 2 N–H and O–H groups in total. The van der Waals surface area contributed by atoms with E-state index in [-0.39, 0.29) is 30.0 Å². The van der Waals surface area contributed by atoms with Crippen molar-refractivity contribution in [2.45, 2.75) is 39.7 Å². The second kappa shape index (κ2) is 10.3. The molecule has 148 valence electrons. The number of rotatable bonds is 8. The first kappa shape index (κ1) is 21.2. The Balaban J connectivity index is 2.03. The molecule has 0 radical (unpaired) electrons. The third kappa shape index (κ3) is 5.94. The minimum atomic E-state index is -0.667. The third-order valence-electron chi connectivity index (χ3n) is 4.36.